The van der Waals surface area contributed by atoms with Gasteiger partial charge in [-0.15, -0.1) is 0 Å². The molecule has 2 heteroatoms. The van der Waals surface area contributed by atoms with Crippen LogP contribution in [0.15, 0.2) is 0 Å². The average Bonchev–Trinajstić information content (AvgIpc) is 3.02. The van der Waals surface area contributed by atoms with Crippen molar-refractivity contribution in [1.29, 1.82) is 0 Å². The van der Waals surface area contributed by atoms with Crippen molar-refractivity contribution in [2.45, 2.75) is 64.0 Å². The third-order valence-corrected chi connectivity index (χ3v) is 4.44. The number of hydrogen-bond donors (Lipinski definition) is 1. The minimum absolute atomic E-state index is 0.578. The van der Waals surface area contributed by atoms with Crippen LogP contribution >= 0.6 is 0 Å². The highest BCUT2D eigenvalue weighted by Gasteiger charge is 2.32. The molecule has 0 spiro atoms. The molecule has 0 aromatic rings. The highest BCUT2D eigenvalue weighted by atomic mass is 16.5. The van der Waals surface area contributed by atoms with Crippen molar-refractivity contribution >= 4 is 0 Å². The van der Waals surface area contributed by atoms with E-state index in [0.29, 0.717) is 6.10 Å². The van der Waals surface area contributed by atoms with Crippen LogP contribution in [0.2, 0.25) is 0 Å². The van der Waals surface area contributed by atoms with Gasteiger partial charge in [-0.2, -0.15) is 0 Å². The summed E-state index contributed by atoms with van der Waals surface area (Å²) in [5.74, 6) is 1.88. The van der Waals surface area contributed by atoms with Gasteiger partial charge in [0.05, 0.1) is 6.10 Å². The van der Waals surface area contributed by atoms with Crippen molar-refractivity contribution in [3.05, 3.63) is 0 Å². The van der Waals surface area contributed by atoms with E-state index in [1.54, 1.807) is 0 Å². The molecule has 0 amide bonds. The summed E-state index contributed by atoms with van der Waals surface area (Å²) < 4.78 is 5.67. The first kappa shape index (κ1) is 12.4. The predicted octanol–water partition coefficient (Wildman–Crippen LogP) is 2.97. The highest BCUT2D eigenvalue weighted by molar-refractivity contribution is 4.86. The molecule has 0 aromatic heterocycles. The standard InChI is InChI=1S/C14H27NO/c1-11(12-8-9-12)14(15-2)7-3-5-13-6-4-10-16-13/h11-15H,3-10H2,1-2H3. The fraction of sp³-hybridized carbons (Fsp3) is 1.00. The van der Waals surface area contributed by atoms with Gasteiger partial charge in [-0.25, -0.2) is 0 Å². The quantitative estimate of drug-likeness (QED) is 0.719. The van der Waals surface area contributed by atoms with Gasteiger partial charge in [0.1, 0.15) is 0 Å². The van der Waals surface area contributed by atoms with Gasteiger partial charge in [-0.3, -0.25) is 0 Å². The van der Waals surface area contributed by atoms with Crippen molar-refractivity contribution in [2.24, 2.45) is 11.8 Å². The first-order chi connectivity index (χ1) is 7.81. The van der Waals surface area contributed by atoms with E-state index in [1.165, 1.54) is 44.9 Å². The Hall–Kier alpha value is -0.0800. The summed E-state index contributed by atoms with van der Waals surface area (Å²) >= 11 is 0. The van der Waals surface area contributed by atoms with E-state index in [2.05, 4.69) is 19.3 Å². The largest absolute Gasteiger partial charge is 0.378 e. The third kappa shape index (κ3) is 3.46. The number of ether oxygens (including phenoxy) is 1. The molecule has 3 unspecified atom stereocenters. The first-order valence-corrected chi connectivity index (χ1v) is 7.10. The maximum absolute atomic E-state index is 5.67. The zero-order valence-corrected chi connectivity index (χ0v) is 10.9. The second-order valence-electron chi connectivity index (χ2n) is 5.66. The molecule has 1 aliphatic heterocycles. The molecule has 1 saturated carbocycles. The maximum atomic E-state index is 5.67. The molecule has 2 nitrogen and oxygen atoms in total. The van der Waals surface area contributed by atoms with Crippen LogP contribution in [0.3, 0.4) is 0 Å². The zero-order chi connectivity index (χ0) is 11.4. The third-order valence-electron chi connectivity index (χ3n) is 4.44. The lowest BCUT2D eigenvalue weighted by molar-refractivity contribution is 0.100. The Morgan fingerprint density at radius 3 is 2.69 bits per heavy atom. The van der Waals surface area contributed by atoms with E-state index in [0.717, 1.165) is 24.5 Å². The molecule has 1 saturated heterocycles. The molecule has 0 radical (unpaired) electrons. The molecule has 1 N–H and O–H groups in total. The first-order valence-electron chi connectivity index (χ1n) is 7.10. The lowest BCUT2D eigenvalue weighted by Crippen LogP contribution is -2.33. The van der Waals surface area contributed by atoms with Crippen LogP contribution in [-0.4, -0.2) is 25.8 Å². The second kappa shape index (κ2) is 6.02. The van der Waals surface area contributed by atoms with E-state index in [4.69, 9.17) is 4.74 Å². The molecular formula is C14H27NO. The summed E-state index contributed by atoms with van der Waals surface area (Å²) in [5, 5.41) is 3.51. The molecule has 2 rings (SSSR count). The van der Waals surface area contributed by atoms with Gasteiger partial charge in [-0.1, -0.05) is 6.92 Å². The topological polar surface area (TPSA) is 21.3 Å². The van der Waals surface area contributed by atoms with Crippen LogP contribution in [0.25, 0.3) is 0 Å². The molecule has 2 aliphatic rings. The van der Waals surface area contributed by atoms with Gasteiger partial charge in [-0.05, 0) is 63.8 Å². The highest BCUT2D eigenvalue weighted by Crippen LogP contribution is 2.39. The van der Waals surface area contributed by atoms with Crippen LogP contribution in [0, 0.1) is 11.8 Å². The van der Waals surface area contributed by atoms with Crippen molar-refractivity contribution in [3.63, 3.8) is 0 Å². The SMILES string of the molecule is CNC(CCCC1CCCO1)C(C)C1CC1. The smallest absolute Gasteiger partial charge is 0.0576 e. The van der Waals surface area contributed by atoms with Crippen molar-refractivity contribution in [3.8, 4) is 0 Å². The van der Waals surface area contributed by atoms with E-state index >= 15 is 0 Å². The van der Waals surface area contributed by atoms with Crippen molar-refractivity contribution in [1.82, 2.24) is 5.32 Å². The van der Waals surface area contributed by atoms with Crippen molar-refractivity contribution < 1.29 is 4.74 Å². The summed E-state index contributed by atoms with van der Waals surface area (Å²) in [6.07, 6.45) is 10.0. The van der Waals surface area contributed by atoms with Crippen molar-refractivity contribution in [2.75, 3.05) is 13.7 Å². The molecule has 1 aliphatic carbocycles. The molecule has 16 heavy (non-hydrogen) atoms. The Kier molecular flexibility index (Phi) is 4.66. The maximum Gasteiger partial charge on any atom is 0.0576 e. The van der Waals surface area contributed by atoms with E-state index in [-0.39, 0.29) is 0 Å². The minimum atomic E-state index is 0.578. The molecule has 1 heterocycles. The Balaban J connectivity index is 1.61. The Morgan fingerprint density at radius 2 is 2.12 bits per heavy atom. The zero-order valence-electron chi connectivity index (χ0n) is 10.9. The molecule has 0 bridgehead atoms. The number of rotatable bonds is 7. The van der Waals surface area contributed by atoms with E-state index < -0.39 is 0 Å². The molecule has 3 atom stereocenters. The van der Waals surface area contributed by atoms with Gasteiger partial charge < -0.3 is 10.1 Å². The van der Waals surface area contributed by atoms with Crippen LogP contribution in [0.1, 0.15) is 51.9 Å². The molecule has 0 aromatic carbocycles. The summed E-state index contributed by atoms with van der Waals surface area (Å²) in [4.78, 5) is 0. The Morgan fingerprint density at radius 1 is 1.31 bits per heavy atom. The van der Waals surface area contributed by atoms with Gasteiger partial charge in [0.25, 0.3) is 0 Å². The minimum Gasteiger partial charge on any atom is -0.378 e. The van der Waals surface area contributed by atoms with Gasteiger partial charge in [0.2, 0.25) is 0 Å². The lowest BCUT2D eigenvalue weighted by atomic mass is 9.92. The summed E-state index contributed by atoms with van der Waals surface area (Å²) in [6, 6.07) is 0.730. The van der Waals surface area contributed by atoms with Gasteiger partial charge >= 0.3 is 0 Å². The van der Waals surface area contributed by atoms with Crippen LogP contribution in [-0.2, 0) is 4.74 Å². The normalized spacial score (nSPS) is 29.2. The van der Waals surface area contributed by atoms with Crippen LogP contribution in [0.5, 0.6) is 0 Å². The Bertz CT molecular complexity index is 197. The second-order valence-corrected chi connectivity index (χ2v) is 5.66. The van der Waals surface area contributed by atoms with Gasteiger partial charge in [0, 0.05) is 12.6 Å². The summed E-state index contributed by atoms with van der Waals surface area (Å²) in [6.45, 7) is 3.42. The predicted molar refractivity (Wildman–Crippen MR) is 67.6 cm³/mol. The summed E-state index contributed by atoms with van der Waals surface area (Å²) in [7, 11) is 2.12. The Labute approximate surface area is 100 Å². The molecular weight excluding hydrogens is 198 g/mol. The molecule has 2 fully saturated rings. The van der Waals surface area contributed by atoms with Crippen LogP contribution < -0.4 is 5.32 Å². The van der Waals surface area contributed by atoms with E-state index in [9.17, 15) is 0 Å². The fourth-order valence-electron chi connectivity index (χ4n) is 3.06. The van der Waals surface area contributed by atoms with Crippen LogP contribution in [0.4, 0.5) is 0 Å². The number of hydrogen-bond acceptors (Lipinski definition) is 2. The van der Waals surface area contributed by atoms with E-state index in [1.807, 2.05) is 0 Å². The monoisotopic (exact) mass is 225 g/mol. The summed E-state index contributed by atoms with van der Waals surface area (Å²) in [5.41, 5.74) is 0. The lowest BCUT2D eigenvalue weighted by Gasteiger charge is -2.24. The fourth-order valence-corrected chi connectivity index (χ4v) is 3.06. The average molecular weight is 225 g/mol. The number of nitrogens with one attached hydrogen (secondary N) is 1. The molecule has 94 valence electrons. The van der Waals surface area contributed by atoms with Gasteiger partial charge in [0.15, 0.2) is 0 Å².